The molecule has 0 aliphatic rings. The highest BCUT2D eigenvalue weighted by Crippen LogP contribution is 2.18. The molecular formula is C9H11NO3. The van der Waals surface area contributed by atoms with Crippen LogP contribution >= 0.6 is 0 Å². The van der Waals surface area contributed by atoms with Crippen molar-refractivity contribution in [1.29, 1.82) is 0 Å². The maximum absolute atomic E-state index is 10.3. The first-order valence-electron chi connectivity index (χ1n) is 3.92. The number of aliphatic hydroxyl groups excluding tert-OH is 1. The number of carbonyl (C=O) groups is 1. The Bertz CT molecular complexity index is 311. The molecule has 70 valence electrons. The summed E-state index contributed by atoms with van der Waals surface area (Å²) in [7, 11) is 0. The number of aromatic nitrogens is 1. The summed E-state index contributed by atoms with van der Waals surface area (Å²) in [5, 5.41) is 17.9. The molecule has 0 aliphatic carbocycles. The minimum atomic E-state index is -1.02. The monoisotopic (exact) mass is 181 g/mol. The molecule has 1 heterocycles. The highest BCUT2D eigenvalue weighted by atomic mass is 16.4. The van der Waals surface area contributed by atoms with E-state index in [9.17, 15) is 9.90 Å². The molecular weight excluding hydrogens is 170 g/mol. The first-order valence-corrected chi connectivity index (χ1v) is 3.92. The first-order chi connectivity index (χ1) is 6.11. The van der Waals surface area contributed by atoms with Crippen molar-refractivity contribution in [2.45, 2.75) is 19.4 Å². The van der Waals surface area contributed by atoms with Crippen molar-refractivity contribution < 1.29 is 15.0 Å². The van der Waals surface area contributed by atoms with Gasteiger partial charge in [-0.05, 0) is 13.0 Å². The molecule has 1 rings (SSSR count). The second-order valence-corrected chi connectivity index (χ2v) is 2.79. The Morgan fingerprint density at radius 1 is 1.69 bits per heavy atom. The Morgan fingerprint density at radius 2 is 2.38 bits per heavy atom. The lowest BCUT2D eigenvalue weighted by molar-refractivity contribution is -0.139. The number of rotatable bonds is 3. The van der Waals surface area contributed by atoms with Gasteiger partial charge in [-0.1, -0.05) is 6.07 Å². The molecule has 0 saturated heterocycles. The number of aryl methyl sites for hydroxylation is 1. The van der Waals surface area contributed by atoms with Gasteiger partial charge < -0.3 is 10.2 Å². The van der Waals surface area contributed by atoms with Crippen molar-refractivity contribution in [3.63, 3.8) is 0 Å². The van der Waals surface area contributed by atoms with E-state index in [1.54, 1.807) is 25.3 Å². The third-order valence-corrected chi connectivity index (χ3v) is 1.77. The van der Waals surface area contributed by atoms with Crippen molar-refractivity contribution in [3.8, 4) is 0 Å². The van der Waals surface area contributed by atoms with E-state index in [0.29, 0.717) is 11.3 Å². The summed E-state index contributed by atoms with van der Waals surface area (Å²) in [5.41, 5.74) is 1.24. The van der Waals surface area contributed by atoms with E-state index in [0.717, 1.165) is 0 Å². The molecule has 0 radical (unpaired) electrons. The van der Waals surface area contributed by atoms with E-state index < -0.39 is 12.1 Å². The van der Waals surface area contributed by atoms with Crippen LogP contribution in [-0.4, -0.2) is 21.2 Å². The molecule has 0 saturated carbocycles. The van der Waals surface area contributed by atoms with Gasteiger partial charge in [0.1, 0.15) is 0 Å². The predicted octanol–water partition coefficient (Wildman–Crippen LogP) is 0.898. The standard InChI is InChI=1S/C9H11NO3/c1-6-7(3-2-4-10-6)8(11)5-9(12)13/h2-4,8,11H,5H2,1H3,(H,12,13)/t8-/m1/s1. The van der Waals surface area contributed by atoms with Crippen LogP contribution in [-0.2, 0) is 4.79 Å². The summed E-state index contributed by atoms with van der Waals surface area (Å²) in [6.07, 6.45) is 0.352. The summed E-state index contributed by atoms with van der Waals surface area (Å²) >= 11 is 0. The molecule has 2 N–H and O–H groups in total. The molecule has 0 unspecified atom stereocenters. The topological polar surface area (TPSA) is 70.4 Å². The molecule has 4 heteroatoms. The fourth-order valence-corrected chi connectivity index (χ4v) is 1.12. The highest BCUT2D eigenvalue weighted by molar-refractivity contribution is 5.67. The molecule has 0 amide bonds. The van der Waals surface area contributed by atoms with E-state index in [4.69, 9.17) is 5.11 Å². The number of aliphatic carboxylic acids is 1. The van der Waals surface area contributed by atoms with Crippen LogP contribution in [0.1, 0.15) is 23.8 Å². The van der Waals surface area contributed by atoms with Crippen LogP contribution in [0.25, 0.3) is 0 Å². The van der Waals surface area contributed by atoms with Crippen LogP contribution in [0.3, 0.4) is 0 Å². The van der Waals surface area contributed by atoms with E-state index in [2.05, 4.69) is 4.98 Å². The Labute approximate surface area is 75.9 Å². The largest absolute Gasteiger partial charge is 0.481 e. The normalized spacial score (nSPS) is 12.5. The minimum absolute atomic E-state index is 0.285. The molecule has 0 bridgehead atoms. The average molecular weight is 181 g/mol. The van der Waals surface area contributed by atoms with E-state index in [1.807, 2.05) is 0 Å². The van der Waals surface area contributed by atoms with Gasteiger partial charge in [0.2, 0.25) is 0 Å². The summed E-state index contributed by atoms with van der Waals surface area (Å²) in [6, 6.07) is 3.35. The van der Waals surface area contributed by atoms with Crippen LogP contribution in [0, 0.1) is 6.92 Å². The number of hydrogen-bond donors (Lipinski definition) is 2. The molecule has 4 nitrogen and oxygen atoms in total. The van der Waals surface area contributed by atoms with Gasteiger partial charge in [-0.15, -0.1) is 0 Å². The van der Waals surface area contributed by atoms with Crippen LogP contribution in [0.2, 0.25) is 0 Å². The summed E-state index contributed by atoms with van der Waals surface area (Å²) < 4.78 is 0. The summed E-state index contributed by atoms with van der Waals surface area (Å²) in [6.45, 7) is 1.74. The second kappa shape index (κ2) is 4.00. The average Bonchev–Trinajstić information content (AvgIpc) is 2.03. The lowest BCUT2D eigenvalue weighted by Crippen LogP contribution is -2.07. The highest BCUT2D eigenvalue weighted by Gasteiger charge is 2.13. The zero-order valence-electron chi connectivity index (χ0n) is 7.27. The zero-order chi connectivity index (χ0) is 9.84. The number of aliphatic hydroxyl groups is 1. The van der Waals surface area contributed by atoms with Gasteiger partial charge >= 0.3 is 5.97 Å². The molecule has 1 aromatic rings. The van der Waals surface area contributed by atoms with Crippen LogP contribution in [0.15, 0.2) is 18.3 Å². The Balaban J connectivity index is 2.82. The van der Waals surface area contributed by atoms with Gasteiger partial charge in [-0.2, -0.15) is 0 Å². The molecule has 1 atom stereocenters. The van der Waals surface area contributed by atoms with Crippen LogP contribution in [0.5, 0.6) is 0 Å². The van der Waals surface area contributed by atoms with Gasteiger partial charge in [0.25, 0.3) is 0 Å². The van der Waals surface area contributed by atoms with Gasteiger partial charge in [0.05, 0.1) is 12.5 Å². The molecule has 0 spiro atoms. The number of nitrogens with zero attached hydrogens (tertiary/aromatic N) is 1. The van der Waals surface area contributed by atoms with Crippen molar-refractivity contribution >= 4 is 5.97 Å². The van der Waals surface area contributed by atoms with Crippen molar-refractivity contribution in [2.75, 3.05) is 0 Å². The molecule has 13 heavy (non-hydrogen) atoms. The molecule has 0 fully saturated rings. The number of carboxylic acids is 1. The fraction of sp³-hybridized carbons (Fsp3) is 0.333. The maximum atomic E-state index is 10.3. The van der Waals surface area contributed by atoms with Gasteiger partial charge in [0.15, 0.2) is 0 Å². The number of hydrogen-bond acceptors (Lipinski definition) is 3. The summed E-state index contributed by atoms with van der Waals surface area (Å²) in [5.74, 6) is -1.02. The van der Waals surface area contributed by atoms with Crippen LogP contribution in [0.4, 0.5) is 0 Å². The number of pyridine rings is 1. The Hall–Kier alpha value is -1.42. The molecule has 0 aliphatic heterocycles. The van der Waals surface area contributed by atoms with Gasteiger partial charge in [-0.25, -0.2) is 0 Å². The van der Waals surface area contributed by atoms with Gasteiger partial charge in [-0.3, -0.25) is 9.78 Å². The Morgan fingerprint density at radius 3 is 2.92 bits per heavy atom. The smallest absolute Gasteiger partial charge is 0.306 e. The van der Waals surface area contributed by atoms with Crippen molar-refractivity contribution in [1.82, 2.24) is 4.98 Å². The molecule has 0 aromatic carbocycles. The van der Waals surface area contributed by atoms with E-state index >= 15 is 0 Å². The predicted molar refractivity (Wildman–Crippen MR) is 46.2 cm³/mol. The minimum Gasteiger partial charge on any atom is -0.481 e. The number of carboxylic acid groups (broad SMARTS) is 1. The molecule has 1 aromatic heterocycles. The van der Waals surface area contributed by atoms with E-state index in [1.165, 1.54) is 0 Å². The summed E-state index contributed by atoms with van der Waals surface area (Å²) in [4.78, 5) is 14.3. The maximum Gasteiger partial charge on any atom is 0.306 e. The third kappa shape index (κ3) is 2.52. The lowest BCUT2D eigenvalue weighted by atomic mass is 10.1. The SMILES string of the molecule is Cc1ncccc1[C@H](O)CC(=O)O. The van der Waals surface area contributed by atoms with E-state index in [-0.39, 0.29) is 6.42 Å². The van der Waals surface area contributed by atoms with Crippen LogP contribution < -0.4 is 0 Å². The van der Waals surface area contributed by atoms with Crippen molar-refractivity contribution in [2.24, 2.45) is 0 Å². The fourth-order valence-electron chi connectivity index (χ4n) is 1.12. The second-order valence-electron chi connectivity index (χ2n) is 2.79. The van der Waals surface area contributed by atoms with Crippen molar-refractivity contribution in [3.05, 3.63) is 29.6 Å². The lowest BCUT2D eigenvalue weighted by Gasteiger charge is -2.09. The Kier molecular flexibility index (Phi) is 2.97. The quantitative estimate of drug-likeness (QED) is 0.726. The third-order valence-electron chi connectivity index (χ3n) is 1.77. The zero-order valence-corrected chi connectivity index (χ0v) is 7.27. The first kappa shape index (κ1) is 9.67. The van der Waals surface area contributed by atoms with Gasteiger partial charge in [0, 0.05) is 17.5 Å².